The molecule has 1 fully saturated rings. The van der Waals surface area contributed by atoms with Gasteiger partial charge in [0.15, 0.2) is 0 Å². The predicted molar refractivity (Wildman–Crippen MR) is 79.2 cm³/mol. The van der Waals surface area contributed by atoms with Crippen molar-refractivity contribution < 1.29 is 4.79 Å². The van der Waals surface area contributed by atoms with Crippen LogP contribution in [0.2, 0.25) is 0 Å². The monoisotopic (exact) mass is 336 g/mol. The number of carbonyl (C=O) groups excluding carboxylic acids is 1. The van der Waals surface area contributed by atoms with Crippen molar-refractivity contribution >= 4 is 33.2 Å². The molecule has 0 radical (unpaired) electrons. The molecule has 1 amide bonds. The van der Waals surface area contributed by atoms with Crippen LogP contribution in [-0.2, 0) is 6.54 Å². The standard InChI is InChI=1S/C14H13BrN2OS/c15-12-4-2-1-3-11(12)14(18)17(10-5-6-10)9-13-16-7-8-19-13/h1-4,7-8,10H,5-6,9H2. The summed E-state index contributed by atoms with van der Waals surface area (Å²) >= 11 is 5.05. The van der Waals surface area contributed by atoms with Gasteiger partial charge in [-0.2, -0.15) is 0 Å². The van der Waals surface area contributed by atoms with Gasteiger partial charge in [-0.1, -0.05) is 12.1 Å². The Kier molecular flexibility index (Phi) is 3.66. The summed E-state index contributed by atoms with van der Waals surface area (Å²) in [6, 6.07) is 7.96. The second-order valence-electron chi connectivity index (χ2n) is 4.57. The zero-order chi connectivity index (χ0) is 13.2. The second-order valence-corrected chi connectivity index (χ2v) is 6.40. The minimum Gasteiger partial charge on any atom is -0.329 e. The van der Waals surface area contributed by atoms with Gasteiger partial charge in [0.25, 0.3) is 5.91 Å². The molecule has 0 N–H and O–H groups in total. The summed E-state index contributed by atoms with van der Waals surface area (Å²) in [6.07, 6.45) is 3.98. The molecule has 0 bridgehead atoms. The summed E-state index contributed by atoms with van der Waals surface area (Å²) in [5.41, 5.74) is 0.728. The Morgan fingerprint density at radius 3 is 2.84 bits per heavy atom. The lowest BCUT2D eigenvalue weighted by Gasteiger charge is -2.21. The van der Waals surface area contributed by atoms with Crippen molar-refractivity contribution in [2.75, 3.05) is 0 Å². The Morgan fingerprint density at radius 2 is 2.21 bits per heavy atom. The number of benzene rings is 1. The number of carbonyl (C=O) groups is 1. The normalized spacial score (nSPS) is 14.4. The van der Waals surface area contributed by atoms with Gasteiger partial charge in [0.1, 0.15) is 5.01 Å². The Labute approximate surface area is 124 Å². The van der Waals surface area contributed by atoms with Gasteiger partial charge >= 0.3 is 0 Å². The van der Waals surface area contributed by atoms with Crippen LogP contribution in [0, 0.1) is 0 Å². The minimum absolute atomic E-state index is 0.0881. The number of nitrogens with zero attached hydrogens (tertiary/aromatic N) is 2. The van der Waals surface area contributed by atoms with Gasteiger partial charge in [0.2, 0.25) is 0 Å². The van der Waals surface area contributed by atoms with Crippen LogP contribution in [0.5, 0.6) is 0 Å². The second kappa shape index (κ2) is 5.43. The first-order valence-electron chi connectivity index (χ1n) is 6.19. The fraction of sp³-hybridized carbons (Fsp3) is 0.286. The maximum atomic E-state index is 12.6. The van der Waals surface area contributed by atoms with E-state index in [-0.39, 0.29) is 5.91 Å². The Bertz CT molecular complexity index is 581. The maximum Gasteiger partial charge on any atom is 0.255 e. The van der Waals surface area contributed by atoms with Crippen molar-refractivity contribution in [2.45, 2.75) is 25.4 Å². The van der Waals surface area contributed by atoms with Crippen LogP contribution in [-0.4, -0.2) is 21.8 Å². The van der Waals surface area contributed by atoms with E-state index in [2.05, 4.69) is 20.9 Å². The molecule has 19 heavy (non-hydrogen) atoms. The lowest BCUT2D eigenvalue weighted by Crippen LogP contribution is -2.32. The molecule has 2 aromatic rings. The molecule has 0 saturated heterocycles. The fourth-order valence-electron chi connectivity index (χ4n) is 2.02. The molecule has 1 saturated carbocycles. The van der Waals surface area contributed by atoms with Gasteiger partial charge in [-0.25, -0.2) is 4.98 Å². The SMILES string of the molecule is O=C(c1ccccc1Br)N(Cc1nccs1)C1CC1. The maximum absolute atomic E-state index is 12.6. The summed E-state index contributed by atoms with van der Waals surface area (Å²) < 4.78 is 0.852. The lowest BCUT2D eigenvalue weighted by molar-refractivity contribution is 0.0729. The summed E-state index contributed by atoms with van der Waals surface area (Å²) in [6.45, 7) is 0.614. The first kappa shape index (κ1) is 12.8. The molecule has 0 unspecified atom stereocenters. The zero-order valence-corrected chi connectivity index (χ0v) is 12.7. The number of aromatic nitrogens is 1. The van der Waals surface area contributed by atoms with Crippen LogP contribution in [0.1, 0.15) is 28.2 Å². The van der Waals surface area contributed by atoms with Crippen LogP contribution in [0.4, 0.5) is 0 Å². The highest BCUT2D eigenvalue weighted by Crippen LogP contribution is 2.31. The van der Waals surface area contributed by atoms with E-state index in [1.54, 1.807) is 17.5 Å². The average Bonchev–Trinajstić information content (AvgIpc) is 3.13. The Hall–Kier alpha value is -1.20. The Balaban J connectivity index is 1.84. The fourth-order valence-corrected chi connectivity index (χ4v) is 3.09. The van der Waals surface area contributed by atoms with Crippen LogP contribution in [0.3, 0.4) is 0 Å². The van der Waals surface area contributed by atoms with E-state index in [0.29, 0.717) is 12.6 Å². The van der Waals surface area contributed by atoms with Gasteiger partial charge in [-0.15, -0.1) is 11.3 Å². The molecular formula is C14H13BrN2OS. The number of halogens is 1. The largest absolute Gasteiger partial charge is 0.329 e. The summed E-state index contributed by atoms with van der Waals surface area (Å²) in [5, 5.41) is 2.94. The van der Waals surface area contributed by atoms with Crippen molar-refractivity contribution in [1.29, 1.82) is 0 Å². The summed E-state index contributed by atoms with van der Waals surface area (Å²) in [5.74, 6) is 0.0881. The highest BCUT2D eigenvalue weighted by atomic mass is 79.9. The summed E-state index contributed by atoms with van der Waals surface area (Å²) in [7, 11) is 0. The van der Waals surface area contributed by atoms with Gasteiger partial charge in [0, 0.05) is 22.1 Å². The lowest BCUT2D eigenvalue weighted by atomic mass is 10.2. The van der Waals surface area contributed by atoms with Gasteiger partial charge < -0.3 is 4.90 Å². The molecular weight excluding hydrogens is 324 g/mol. The van der Waals surface area contributed by atoms with E-state index in [1.165, 1.54) is 0 Å². The summed E-state index contributed by atoms with van der Waals surface area (Å²) in [4.78, 5) is 18.9. The molecule has 1 heterocycles. The van der Waals surface area contributed by atoms with Gasteiger partial charge in [-0.3, -0.25) is 4.79 Å². The highest BCUT2D eigenvalue weighted by molar-refractivity contribution is 9.10. The number of hydrogen-bond donors (Lipinski definition) is 0. The molecule has 0 aliphatic heterocycles. The number of amides is 1. The highest BCUT2D eigenvalue weighted by Gasteiger charge is 2.34. The molecule has 3 nitrogen and oxygen atoms in total. The molecule has 1 aliphatic rings. The average molecular weight is 337 g/mol. The molecule has 0 spiro atoms. The van der Waals surface area contributed by atoms with Crippen molar-refractivity contribution in [3.63, 3.8) is 0 Å². The zero-order valence-electron chi connectivity index (χ0n) is 10.3. The van der Waals surface area contributed by atoms with Crippen molar-refractivity contribution in [3.05, 3.63) is 50.9 Å². The molecule has 1 aromatic carbocycles. The molecule has 3 rings (SSSR count). The van der Waals surface area contributed by atoms with Crippen molar-refractivity contribution in [2.24, 2.45) is 0 Å². The van der Waals surface area contributed by atoms with Crippen LogP contribution < -0.4 is 0 Å². The van der Waals surface area contributed by atoms with E-state index in [0.717, 1.165) is 27.9 Å². The van der Waals surface area contributed by atoms with E-state index in [4.69, 9.17) is 0 Å². The minimum atomic E-state index is 0.0881. The van der Waals surface area contributed by atoms with Crippen LogP contribution in [0.25, 0.3) is 0 Å². The molecule has 98 valence electrons. The first-order valence-corrected chi connectivity index (χ1v) is 7.87. The topological polar surface area (TPSA) is 33.2 Å². The molecule has 1 aromatic heterocycles. The molecule has 5 heteroatoms. The van der Waals surface area contributed by atoms with Gasteiger partial charge in [0.05, 0.1) is 12.1 Å². The van der Waals surface area contributed by atoms with Crippen LogP contribution in [0.15, 0.2) is 40.3 Å². The third-order valence-corrected chi connectivity index (χ3v) is 4.60. The predicted octanol–water partition coefficient (Wildman–Crippen LogP) is 3.71. The van der Waals surface area contributed by atoms with Gasteiger partial charge in [-0.05, 0) is 40.9 Å². The van der Waals surface area contributed by atoms with Crippen molar-refractivity contribution in [3.8, 4) is 0 Å². The van der Waals surface area contributed by atoms with E-state index in [9.17, 15) is 4.79 Å². The number of thiazole rings is 1. The van der Waals surface area contributed by atoms with E-state index in [1.807, 2.05) is 34.5 Å². The first-order chi connectivity index (χ1) is 9.25. The number of hydrogen-bond acceptors (Lipinski definition) is 3. The Morgan fingerprint density at radius 1 is 1.42 bits per heavy atom. The quantitative estimate of drug-likeness (QED) is 0.852. The van der Waals surface area contributed by atoms with E-state index < -0.39 is 0 Å². The molecule has 1 aliphatic carbocycles. The number of rotatable bonds is 4. The molecule has 0 atom stereocenters. The third-order valence-electron chi connectivity index (χ3n) is 3.14. The smallest absolute Gasteiger partial charge is 0.255 e. The van der Waals surface area contributed by atoms with Crippen LogP contribution >= 0.6 is 27.3 Å². The third kappa shape index (κ3) is 2.87. The van der Waals surface area contributed by atoms with Crippen molar-refractivity contribution in [1.82, 2.24) is 9.88 Å². The van der Waals surface area contributed by atoms with E-state index >= 15 is 0 Å².